The molecule has 3 rings (SSSR count). The van der Waals surface area contributed by atoms with Crippen molar-refractivity contribution in [2.75, 3.05) is 19.8 Å². The lowest BCUT2D eigenvalue weighted by atomic mass is 10.0. The van der Waals surface area contributed by atoms with Crippen molar-refractivity contribution in [3.63, 3.8) is 0 Å². The Labute approximate surface area is 250 Å². The monoisotopic (exact) mass is 577 g/mol. The maximum atomic E-state index is 12.7. The summed E-state index contributed by atoms with van der Waals surface area (Å²) in [5.74, 6) is -0.390. The Kier molecular flexibility index (Phi) is 13.7. The van der Waals surface area contributed by atoms with Crippen LogP contribution in [-0.2, 0) is 23.7 Å². The molecule has 0 aliphatic carbocycles. The number of hydrogen-bond donors (Lipinski definition) is 0. The average Bonchev–Trinajstić information content (AvgIpc) is 3.35. The van der Waals surface area contributed by atoms with E-state index >= 15 is 0 Å². The summed E-state index contributed by atoms with van der Waals surface area (Å²) in [4.78, 5) is 14.4. The molecule has 4 atom stereocenters. The predicted molar refractivity (Wildman–Crippen MR) is 164 cm³/mol. The van der Waals surface area contributed by atoms with Gasteiger partial charge in [-0.1, -0.05) is 88.9 Å². The normalized spacial score (nSPS) is 27.0. The van der Waals surface area contributed by atoms with Crippen molar-refractivity contribution >= 4 is 6.09 Å². The summed E-state index contributed by atoms with van der Waals surface area (Å²) in [6, 6.07) is -0.108. The van der Waals surface area contributed by atoms with Crippen molar-refractivity contribution in [1.29, 1.82) is 0 Å². The zero-order valence-electron chi connectivity index (χ0n) is 26.8. The van der Waals surface area contributed by atoms with Crippen molar-refractivity contribution in [3.8, 4) is 0 Å². The highest BCUT2D eigenvalue weighted by Crippen LogP contribution is 2.40. The molecule has 0 unspecified atom stereocenters. The van der Waals surface area contributed by atoms with E-state index in [0.29, 0.717) is 13.2 Å². The van der Waals surface area contributed by atoms with Crippen LogP contribution in [0.3, 0.4) is 0 Å². The van der Waals surface area contributed by atoms with Crippen LogP contribution in [0.1, 0.15) is 131 Å². The third-order valence-electron chi connectivity index (χ3n) is 8.33. The largest absolute Gasteiger partial charge is 0.444 e. The number of hydrogen-bond acceptors (Lipinski definition) is 6. The fourth-order valence-corrected chi connectivity index (χ4v) is 6.14. The summed E-state index contributed by atoms with van der Waals surface area (Å²) >= 11 is 0. The molecule has 41 heavy (non-hydrogen) atoms. The second-order valence-corrected chi connectivity index (χ2v) is 13.6. The highest BCUT2D eigenvalue weighted by molar-refractivity contribution is 5.69. The van der Waals surface area contributed by atoms with Crippen LogP contribution < -0.4 is 0 Å². The molecular weight excluding hydrogens is 518 g/mol. The number of nitrogens with zero attached hydrogens (tertiary/aromatic N) is 1. The molecule has 2 saturated heterocycles. The van der Waals surface area contributed by atoms with Crippen LogP contribution >= 0.6 is 0 Å². The van der Waals surface area contributed by atoms with E-state index in [9.17, 15) is 4.79 Å². The Balaban J connectivity index is 1.09. The lowest BCUT2D eigenvalue weighted by Crippen LogP contribution is -2.51. The summed E-state index contributed by atoms with van der Waals surface area (Å²) in [7, 11) is 0. The van der Waals surface area contributed by atoms with Crippen LogP contribution in [0.15, 0.2) is 24.8 Å². The molecule has 0 aromatic rings. The van der Waals surface area contributed by atoms with Gasteiger partial charge in [-0.3, -0.25) is 4.90 Å². The molecule has 236 valence electrons. The van der Waals surface area contributed by atoms with E-state index in [4.69, 9.17) is 23.7 Å². The average molecular weight is 578 g/mol. The van der Waals surface area contributed by atoms with Gasteiger partial charge in [0.1, 0.15) is 23.5 Å². The van der Waals surface area contributed by atoms with Gasteiger partial charge in [0.25, 0.3) is 0 Å². The maximum absolute atomic E-state index is 12.7. The Morgan fingerprint density at radius 3 is 2.12 bits per heavy atom. The minimum absolute atomic E-state index is 0.0124. The SMILES string of the molecule is C=C[C@H]1O[C@]2(CCCCCCCCCCCCCCCOC[C@H]3COC(C)(C)N3C(=O)OC(C)(C)C)CC=C[C@H]1O2. The molecule has 7 nitrogen and oxygen atoms in total. The van der Waals surface area contributed by atoms with E-state index in [0.717, 1.165) is 25.9 Å². The maximum Gasteiger partial charge on any atom is 0.412 e. The van der Waals surface area contributed by atoms with E-state index < -0.39 is 17.1 Å². The van der Waals surface area contributed by atoms with Crippen LogP contribution in [0, 0.1) is 0 Å². The molecule has 2 bridgehead atoms. The summed E-state index contributed by atoms with van der Waals surface area (Å²) < 4.78 is 29.7. The standard InChI is InChI=1S/C34H59NO6/c1-7-29-30-22-21-24-34(39-29,40-30)23-19-17-15-13-11-9-8-10-12-14-16-18-20-25-37-26-28-27-38-33(5,6)35(28)31(36)41-32(2,3)4/h7,21-22,28-30H,1,8-20,23-27H2,2-6H3/t28-,29+,30+,34-/m0/s1. The number of carbonyl (C=O) groups excluding carboxylic acids is 1. The van der Waals surface area contributed by atoms with E-state index in [1.165, 1.54) is 77.0 Å². The number of ether oxygens (including phenoxy) is 5. The summed E-state index contributed by atoms with van der Waals surface area (Å²) in [5, 5.41) is 0. The van der Waals surface area contributed by atoms with Gasteiger partial charge in [0.2, 0.25) is 0 Å². The lowest BCUT2D eigenvalue weighted by molar-refractivity contribution is -0.175. The fraction of sp³-hybridized carbons (Fsp3) is 0.853. The zero-order valence-corrected chi connectivity index (χ0v) is 26.8. The van der Waals surface area contributed by atoms with Gasteiger partial charge < -0.3 is 23.7 Å². The van der Waals surface area contributed by atoms with Crippen molar-refractivity contribution in [1.82, 2.24) is 4.90 Å². The molecule has 0 N–H and O–H groups in total. The number of amides is 1. The van der Waals surface area contributed by atoms with Gasteiger partial charge in [0, 0.05) is 19.4 Å². The minimum atomic E-state index is -0.677. The summed E-state index contributed by atoms with van der Waals surface area (Å²) in [6.45, 7) is 15.0. The lowest BCUT2D eigenvalue weighted by Gasteiger charge is -2.35. The van der Waals surface area contributed by atoms with E-state index in [-0.39, 0.29) is 24.3 Å². The number of fused-ring (bicyclic) bond motifs is 2. The third kappa shape index (κ3) is 11.3. The van der Waals surface area contributed by atoms with Crippen LogP contribution in [-0.4, -0.2) is 66.2 Å². The summed E-state index contributed by atoms with van der Waals surface area (Å²) in [6.07, 6.45) is 24.5. The molecule has 3 aliphatic heterocycles. The first kappa shape index (κ1) is 34.1. The Morgan fingerprint density at radius 2 is 1.54 bits per heavy atom. The van der Waals surface area contributed by atoms with Crippen LogP contribution in [0.5, 0.6) is 0 Å². The molecule has 0 aromatic heterocycles. The van der Waals surface area contributed by atoms with Crippen molar-refractivity contribution in [2.45, 2.75) is 166 Å². The second kappa shape index (κ2) is 16.4. The minimum Gasteiger partial charge on any atom is -0.444 e. The van der Waals surface area contributed by atoms with Gasteiger partial charge >= 0.3 is 6.09 Å². The fourth-order valence-electron chi connectivity index (χ4n) is 6.14. The van der Waals surface area contributed by atoms with Gasteiger partial charge in [0.05, 0.1) is 19.3 Å². The molecule has 0 aromatic carbocycles. The predicted octanol–water partition coefficient (Wildman–Crippen LogP) is 8.46. The Morgan fingerprint density at radius 1 is 0.951 bits per heavy atom. The Bertz CT molecular complexity index is 821. The molecule has 0 spiro atoms. The Hall–Kier alpha value is -1.41. The highest BCUT2D eigenvalue weighted by atomic mass is 16.8. The quantitative estimate of drug-likeness (QED) is 0.113. The van der Waals surface area contributed by atoms with Gasteiger partial charge in [-0.05, 0) is 47.5 Å². The topological polar surface area (TPSA) is 66.5 Å². The summed E-state index contributed by atoms with van der Waals surface area (Å²) in [5.41, 5.74) is -1.21. The van der Waals surface area contributed by atoms with Crippen LogP contribution in [0.4, 0.5) is 4.79 Å². The van der Waals surface area contributed by atoms with Crippen molar-refractivity contribution < 1.29 is 28.5 Å². The molecule has 3 aliphatic rings. The first-order valence-electron chi connectivity index (χ1n) is 16.4. The van der Waals surface area contributed by atoms with Crippen LogP contribution in [0.2, 0.25) is 0 Å². The van der Waals surface area contributed by atoms with E-state index in [1.807, 2.05) is 40.7 Å². The smallest absolute Gasteiger partial charge is 0.412 e. The molecule has 0 radical (unpaired) electrons. The number of rotatable bonds is 19. The molecule has 3 heterocycles. The molecule has 1 amide bonds. The highest BCUT2D eigenvalue weighted by Gasteiger charge is 2.47. The first-order chi connectivity index (χ1) is 19.6. The van der Waals surface area contributed by atoms with Gasteiger partial charge in [-0.15, -0.1) is 6.58 Å². The van der Waals surface area contributed by atoms with Crippen molar-refractivity contribution in [2.24, 2.45) is 0 Å². The molecular formula is C34H59NO6. The zero-order chi connectivity index (χ0) is 29.8. The first-order valence-corrected chi connectivity index (χ1v) is 16.4. The van der Waals surface area contributed by atoms with Crippen molar-refractivity contribution in [3.05, 3.63) is 24.8 Å². The third-order valence-corrected chi connectivity index (χ3v) is 8.33. The van der Waals surface area contributed by atoms with Gasteiger partial charge in [-0.25, -0.2) is 4.79 Å². The van der Waals surface area contributed by atoms with Gasteiger partial charge in [-0.2, -0.15) is 0 Å². The number of carbonyl (C=O) groups is 1. The van der Waals surface area contributed by atoms with Gasteiger partial charge in [0.15, 0.2) is 5.79 Å². The second-order valence-electron chi connectivity index (χ2n) is 13.6. The molecule has 7 heteroatoms. The molecule has 2 fully saturated rings. The number of unbranched alkanes of at least 4 members (excludes halogenated alkanes) is 12. The van der Waals surface area contributed by atoms with E-state index in [1.54, 1.807) is 4.90 Å². The van der Waals surface area contributed by atoms with Crippen LogP contribution in [0.25, 0.3) is 0 Å². The van der Waals surface area contributed by atoms with E-state index in [2.05, 4.69) is 18.7 Å². The molecule has 0 saturated carbocycles.